The van der Waals surface area contributed by atoms with E-state index in [0.717, 1.165) is 25.5 Å². The summed E-state index contributed by atoms with van der Waals surface area (Å²) in [6, 6.07) is 2.40. The highest BCUT2D eigenvalue weighted by atomic mass is 19.1. The summed E-state index contributed by atoms with van der Waals surface area (Å²) in [7, 11) is 3.23. The quantitative estimate of drug-likeness (QED) is 0.873. The zero-order valence-electron chi connectivity index (χ0n) is 10.9. The third-order valence-corrected chi connectivity index (χ3v) is 3.85. The number of rotatable bonds is 5. The van der Waals surface area contributed by atoms with Crippen molar-refractivity contribution in [3.63, 3.8) is 0 Å². The van der Waals surface area contributed by atoms with Crippen LogP contribution in [0.25, 0.3) is 0 Å². The monoisotopic (exact) mass is 255 g/mol. The molecule has 0 unspecified atom stereocenters. The van der Waals surface area contributed by atoms with Gasteiger partial charge in [0.05, 0.1) is 7.11 Å². The van der Waals surface area contributed by atoms with Gasteiger partial charge in [-0.2, -0.15) is 0 Å². The SMILES string of the molecule is CNCC1(Cc2cc(F)c(OC)cc2F)CCC1. The minimum Gasteiger partial charge on any atom is -0.494 e. The Bertz CT molecular complexity index is 430. The fourth-order valence-electron chi connectivity index (χ4n) is 2.73. The first-order chi connectivity index (χ1) is 8.60. The van der Waals surface area contributed by atoms with Gasteiger partial charge in [-0.1, -0.05) is 6.42 Å². The Morgan fingerprint density at radius 3 is 2.50 bits per heavy atom. The normalized spacial score (nSPS) is 17.3. The molecule has 0 heterocycles. The fraction of sp³-hybridized carbons (Fsp3) is 0.571. The van der Waals surface area contributed by atoms with Crippen LogP contribution >= 0.6 is 0 Å². The molecule has 0 aromatic heterocycles. The highest BCUT2D eigenvalue weighted by Gasteiger charge is 2.37. The van der Waals surface area contributed by atoms with Crippen molar-refractivity contribution in [2.75, 3.05) is 20.7 Å². The van der Waals surface area contributed by atoms with Gasteiger partial charge in [-0.15, -0.1) is 0 Å². The molecule has 0 amide bonds. The van der Waals surface area contributed by atoms with Gasteiger partial charge in [0.25, 0.3) is 0 Å². The minimum atomic E-state index is -0.493. The maximum Gasteiger partial charge on any atom is 0.165 e. The number of nitrogens with one attached hydrogen (secondary N) is 1. The summed E-state index contributed by atoms with van der Waals surface area (Å²) in [6.45, 7) is 0.847. The second kappa shape index (κ2) is 5.22. The standard InChI is InChI=1S/C14H19F2NO/c1-17-9-14(4-3-5-14)8-10-6-12(16)13(18-2)7-11(10)15/h6-7,17H,3-5,8-9H2,1-2H3. The molecular formula is C14H19F2NO. The molecule has 1 aliphatic rings. The second-order valence-electron chi connectivity index (χ2n) is 5.14. The van der Waals surface area contributed by atoms with Gasteiger partial charge in [0, 0.05) is 12.6 Å². The lowest BCUT2D eigenvalue weighted by Crippen LogP contribution is -2.40. The number of hydrogen-bond acceptors (Lipinski definition) is 2. The molecule has 0 aliphatic heterocycles. The summed E-state index contributed by atoms with van der Waals surface area (Å²) < 4.78 is 32.3. The molecule has 0 bridgehead atoms. The largest absolute Gasteiger partial charge is 0.494 e. The molecule has 1 aliphatic carbocycles. The number of hydrogen-bond donors (Lipinski definition) is 1. The van der Waals surface area contributed by atoms with E-state index in [9.17, 15) is 8.78 Å². The average Bonchev–Trinajstić information content (AvgIpc) is 2.30. The minimum absolute atomic E-state index is 0.0347. The Morgan fingerprint density at radius 1 is 1.28 bits per heavy atom. The Labute approximate surface area is 106 Å². The molecule has 1 aromatic rings. The third kappa shape index (κ3) is 2.48. The van der Waals surface area contributed by atoms with Gasteiger partial charge in [0.1, 0.15) is 5.82 Å². The summed E-state index contributed by atoms with van der Waals surface area (Å²) in [5, 5.41) is 3.15. The number of benzene rings is 1. The first-order valence-corrected chi connectivity index (χ1v) is 6.27. The molecule has 4 heteroatoms. The Kier molecular flexibility index (Phi) is 3.85. The second-order valence-corrected chi connectivity index (χ2v) is 5.14. The van der Waals surface area contributed by atoms with E-state index in [4.69, 9.17) is 4.74 Å². The molecule has 0 saturated heterocycles. The van der Waals surface area contributed by atoms with E-state index in [1.54, 1.807) is 0 Å². The van der Waals surface area contributed by atoms with Crippen LogP contribution in [0.2, 0.25) is 0 Å². The first kappa shape index (κ1) is 13.3. The van der Waals surface area contributed by atoms with Gasteiger partial charge in [-0.25, -0.2) is 8.78 Å². The van der Waals surface area contributed by atoms with E-state index >= 15 is 0 Å². The molecule has 100 valence electrons. The van der Waals surface area contributed by atoms with Crippen LogP contribution in [0.4, 0.5) is 8.78 Å². The van der Waals surface area contributed by atoms with Crippen LogP contribution in [0, 0.1) is 17.0 Å². The summed E-state index contributed by atoms with van der Waals surface area (Å²) in [5.74, 6) is -0.906. The van der Waals surface area contributed by atoms with Crippen molar-refractivity contribution >= 4 is 0 Å². The summed E-state index contributed by atoms with van der Waals surface area (Å²) in [6.07, 6.45) is 3.89. The van der Waals surface area contributed by atoms with Crippen LogP contribution in [-0.4, -0.2) is 20.7 Å². The van der Waals surface area contributed by atoms with Crippen molar-refractivity contribution < 1.29 is 13.5 Å². The van der Waals surface area contributed by atoms with E-state index < -0.39 is 5.82 Å². The number of halogens is 2. The van der Waals surface area contributed by atoms with Gasteiger partial charge in [-0.3, -0.25) is 0 Å². The number of ether oxygens (including phenoxy) is 1. The van der Waals surface area contributed by atoms with E-state index in [1.807, 2.05) is 7.05 Å². The Balaban J connectivity index is 2.21. The topological polar surface area (TPSA) is 21.3 Å². The highest BCUT2D eigenvalue weighted by molar-refractivity contribution is 5.31. The maximum absolute atomic E-state index is 13.9. The summed E-state index contributed by atoms with van der Waals surface area (Å²) in [4.78, 5) is 0. The van der Waals surface area contributed by atoms with Gasteiger partial charge in [-0.05, 0) is 43.4 Å². The molecule has 2 nitrogen and oxygen atoms in total. The first-order valence-electron chi connectivity index (χ1n) is 6.27. The molecule has 1 aromatic carbocycles. The lowest BCUT2D eigenvalue weighted by Gasteiger charge is -2.42. The molecule has 0 radical (unpaired) electrons. The van der Waals surface area contributed by atoms with Crippen LogP contribution in [0.3, 0.4) is 0 Å². The molecule has 1 fully saturated rings. The van der Waals surface area contributed by atoms with E-state index in [0.29, 0.717) is 12.0 Å². The fourth-order valence-corrected chi connectivity index (χ4v) is 2.73. The highest BCUT2D eigenvalue weighted by Crippen LogP contribution is 2.43. The summed E-state index contributed by atoms with van der Waals surface area (Å²) >= 11 is 0. The maximum atomic E-state index is 13.9. The van der Waals surface area contributed by atoms with Crippen molar-refractivity contribution in [2.24, 2.45) is 5.41 Å². The van der Waals surface area contributed by atoms with Gasteiger partial charge in [0.15, 0.2) is 11.6 Å². The smallest absolute Gasteiger partial charge is 0.165 e. The lowest BCUT2D eigenvalue weighted by atomic mass is 9.65. The number of methoxy groups -OCH3 is 1. The van der Waals surface area contributed by atoms with Crippen LogP contribution in [0.15, 0.2) is 12.1 Å². The van der Waals surface area contributed by atoms with Crippen molar-refractivity contribution in [3.05, 3.63) is 29.3 Å². The van der Waals surface area contributed by atoms with Crippen molar-refractivity contribution in [3.8, 4) is 5.75 Å². The van der Waals surface area contributed by atoms with Crippen LogP contribution in [0.5, 0.6) is 5.75 Å². The summed E-state index contributed by atoms with van der Waals surface area (Å²) in [5.41, 5.74) is 0.541. The zero-order valence-corrected chi connectivity index (χ0v) is 10.9. The molecule has 0 spiro atoms. The Hall–Kier alpha value is -1.16. The van der Waals surface area contributed by atoms with Crippen LogP contribution < -0.4 is 10.1 Å². The van der Waals surface area contributed by atoms with Crippen molar-refractivity contribution in [1.82, 2.24) is 5.32 Å². The van der Waals surface area contributed by atoms with Crippen molar-refractivity contribution in [1.29, 1.82) is 0 Å². The van der Waals surface area contributed by atoms with E-state index in [2.05, 4.69) is 5.32 Å². The Morgan fingerprint density at radius 2 is 2.00 bits per heavy atom. The van der Waals surface area contributed by atoms with Gasteiger partial charge in [0.2, 0.25) is 0 Å². The lowest BCUT2D eigenvalue weighted by molar-refractivity contribution is 0.132. The molecule has 0 atom stereocenters. The predicted molar refractivity (Wildman–Crippen MR) is 66.8 cm³/mol. The van der Waals surface area contributed by atoms with E-state index in [-0.39, 0.29) is 17.0 Å². The zero-order chi connectivity index (χ0) is 13.2. The average molecular weight is 255 g/mol. The van der Waals surface area contributed by atoms with Gasteiger partial charge >= 0.3 is 0 Å². The molecule has 18 heavy (non-hydrogen) atoms. The predicted octanol–water partition coefficient (Wildman–Crippen LogP) is 2.91. The molecule has 2 rings (SSSR count). The van der Waals surface area contributed by atoms with Gasteiger partial charge < -0.3 is 10.1 Å². The van der Waals surface area contributed by atoms with Crippen molar-refractivity contribution in [2.45, 2.75) is 25.7 Å². The van der Waals surface area contributed by atoms with E-state index in [1.165, 1.54) is 19.6 Å². The van der Waals surface area contributed by atoms with Crippen LogP contribution in [0.1, 0.15) is 24.8 Å². The molecule has 1 saturated carbocycles. The molecular weight excluding hydrogens is 236 g/mol. The molecule has 1 N–H and O–H groups in total. The third-order valence-electron chi connectivity index (χ3n) is 3.85. The van der Waals surface area contributed by atoms with Crippen LogP contribution in [-0.2, 0) is 6.42 Å².